The molecule has 0 atom stereocenters. The number of hydrogen-bond donors (Lipinski definition) is 1. The molecule has 28 heavy (non-hydrogen) atoms. The number of alkyl halides is 3. The zero-order valence-electron chi connectivity index (χ0n) is 15.5. The van der Waals surface area contributed by atoms with Gasteiger partial charge in [-0.15, -0.1) is 0 Å². The average Bonchev–Trinajstić information content (AvgIpc) is 2.61. The fourth-order valence-electron chi connectivity index (χ4n) is 2.61. The number of rotatable bonds is 4. The van der Waals surface area contributed by atoms with Crippen molar-refractivity contribution >= 4 is 11.5 Å². The van der Waals surface area contributed by atoms with Crippen LogP contribution in [-0.2, 0) is 13.2 Å². The number of aryl methyl sites for hydroxylation is 3. The summed E-state index contributed by atoms with van der Waals surface area (Å²) in [4.78, 5) is 16.5. The van der Waals surface area contributed by atoms with Crippen LogP contribution in [0.25, 0.3) is 0 Å². The van der Waals surface area contributed by atoms with Crippen molar-refractivity contribution < 1.29 is 17.9 Å². The summed E-state index contributed by atoms with van der Waals surface area (Å²) in [5.74, 6) is 0.727. The van der Waals surface area contributed by atoms with Gasteiger partial charge in [-0.3, -0.25) is 4.79 Å². The minimum Gasteiger partial charge on any atom is -0.437 e. The number of anilines is 2. The smallest absolute Gasteiger partial charge is 0.416 e. The summed E-state index contributed by atoms with van der Waals surface area (Å²) in [7, 11) is 1.54. The number of halogens is 3. The van der Waals surface area contributed by atoms with Gasteiger partial charge in [0.15, 0.2) is 0 Å². The van der Waals surface area contributed by atoms with E-state index in [1.165, 1.54) is 29.9 Å². The second-order valence-electron chi connectivity index (χ2n) is 6.41. The van der Waals surface area contributed by atoms with Gasteiger partial charge in [0.1, 0.15) is 5.75 Å². The van der Waals surface area contributed by atoms with Crippen molar-refractivity contribution in [2.75, 3.05) is 5.32 Å². The Balaban J connectivity index is 1.88. The zero-order valence-corrected chi connectivity index (χ0v) is 15.5. The van der Waals surface area contributed by atoms with Crippen LogP contribution >= 0.6 is 0 Å². The topological polar surface area (TPSA) is 56.1 Å². The van der Waals surface area contributed by atoms with E-state index in [1.807, 2.05) is 26.0 Å². The lowest BCUT2D eigenvalue weighted by Crippen LogP contribution is -2.21. The highest BCUT2D eigenvalue weighted by molar-refractivity contribution is 5.56. The molecule has 3 rings (SSSR count). The molecule has 0 aliphatic heterocycles. The molecule has 0 bridgehead atoms. The molecule has 0 saturated heterocycles. The van der Waals surface area contributed by atoms with Gasteiger partial charge in [0.25, 0.3) is 5.56 Å². The van der Waals surface area contributed by atoms with Crippen LogP contribution in [0.1, 0.15) is 16.7 Å². The van der Waals surface area contributed by atoms with Gasteiger partial charge in [0.05, 0.1) is 11.8 Å². The van der Waals surface area contributed by atoms with Crippen LogP contribution < -0.4 is 15.6 Å². The Morgan fingerprint density at radius 2 is 1.75 bits per heavy atom. The molecule has 0 aliphatic rings. The summed E-state index contributed by atoms with van der Waals surface area (Å²) in [5.41, 5.74) is 1.09. The molecule has 5 nitrogen and oxygen atoms in total. The van der Waals surface area contributed by atoms with E-state index in [9.17, 15) is 18.0 Å². The number of benzene rings is 2. The first kappa shape index (κ1) is 19.5. The summed E-state index contributed by atoms with van der Waals surface area (Å²) >= 11 is 0. The maximum atomic E-state index is 12.7. The Hall–Kier alpha value is -3.29. The molecule has 146 valence electrons. The normalized spacial score (nSPS) is 11.4. The molecule has 0 unspecified atom stereocenters. The van der Waals surface area contributed by atoms with E-state index < -0.39 is 17.3 Å². The lowest BCUT2D eigenvalue weighted by atomic mass is 10.1. The SMILES string of the molecule is Cc1ccc(Oc2cn(C)c(=O)c(Nc3ccc(C(F)(F)F)cc3)n2)c(C)c1. The van der Waals surface area contributed by atoms with Crippen molar-refractivity contribution in [3.8, 4) is 11.6 Å². The molecule has 0 spiro atoms. The van der Waals surface area contributed by atoms with Gasteiger partial charge >= 0.3 is 6.18 Å². The first-order chi connectivity index (χ1) is 13.1. The maximum Gasteiger partial charge on any atom is 0.416 e. The van der Waals surface area contributed by atoms with Crippen molar-refractivity contribution in [2.45, 2.75) is 20.0 Å². The van der Waals surface area contributed by atoms with Crippen molar-refractivity contribution in [2.24, 2.45) is 7.05 Å². The van der Waals surface area contributed by atoms with Crippen LogP contribution in [0.5, 0.6) is 11.6 Å². The molecule has 8 heteroatoms. The second kappa shape index (κ2) is 7.38. The predicted molar refractivity (Wildman–Crippen MR) is 100 cm³/mol. The summed E-state index contributed by atoms with van der Waals surface area (Å²) in [6.07, 6.45) is -2.98. The number of ether oxygens (including phenoxy) is 1. The third-order valence-electron chi connectivity index (χ3n) is 4.07. The molecule has 0 radical (unpaired) electrons. The number of nitrogens with one attached hydrogen (secondary N) is 1. The zero-order chi connectivity index (χ0) is 20.5. The van der Waals surface area contributed by atoms with Crippen molar-refractivity contribution in [3.63, 3.8) is 0 Å². The molecule has 0 saturated carbocycles. The Morgan fingerprint density at radius 3 is 2.36 bits per heavy atom. The third kappa shape index (κ3) is 4.33. The molecular formula is C20H18F3N3O2. The fraction of sp³-hybridized carbons (Fsp3) is 0.200. The molecule has 1 N–H and O–H groups in total. The highest BCUT2D eigenvalue weighted by Crippen LogP contribution is 2.30. The molecule has 1 heterocycles. The van der Waals surface area contributed by atoms with Gasteiger partial charge < -0.3 is 14.6 Å². The quantitative estimate of drug-likeness (QED) is 0.686. The van der Waals surface area contributed by atoms with E-state index in [1.54, 1.807) is 6.07 Å². The fourth-order valence-corrected chi connectivity index (χ4v) is 2.61. The molecule has 3 aromatic rings. The Bertz CT molecular complexity index is 1060. The van der Waals surface area contributed by atoms with Crippen LogP contribution in [0.3, 0.4) is 0 Å². The monoisotopic (exact) mass is 389 g/mol. The van der Waals surface area contributed by atoms with E-state index >= 15 is 0 Å². The van der Waals surface area contributed by atoms with Gasteiger partial charge in [-0.05, 0) is 49.7 Å². The van der Waals surface area contributed by atoms with Crippen LogP contribution in [0, 0.1) is 13.8 Å². The number of hydrogen-bond acceptors (Lipinski definition) is 4. The first-order valence-corrected chi connectivity index (χ1v) is 8.40. The molecule has 0 amide bonds. The van der Waals surface area contributed by atoms with Gasteiger partial charge in [-0.25, -0.2) is 0 Å². The van der Waals surface area contributed by atoms with Gasteiger partial charge in [0, 0.05) is 12.7 Å². The van der Waals surface area contributed by atoms with E-state index in [0.29, 0.717) is 11.4 Å². The van der Waals surface area contributed by atoms with Crippen LogP contribution in [0.15, 0.2) is 53.5 Å². The Kier molecular flexibility index (Phi) is 5.13. The highest BCUT2D eigenvalue weighted by Gasteiger charge is 2.30. The van der Waals surface area contributed by atoms with Gasteiger partial charge in [-0.1, -0.05) is 17.7 Å². The molecule has 1 aromatic heterocycles. The van der Waals surface area contributed by atoms with Crippen molar-refractivity contribution in [1.82, 2.24) is 9.55 Å². The lowest BCUT2D eigenvalue weighted by molar-refractivity contribution is -0.137. The standard InChI is InChI=1S/C20H18F3N3O2/c1-12-4-9-16(13(2)10-12)28-17-11-26(3)19(27)18(25-17)24-15-7-5-14(6-8-15)20(21,22)23/h4-11H,1-3H3,(H,24,25). The van der Waals surface area contributed by atoms with Crippen molar-refractivity contribution in [1.29, 1.82) is 0 Å². The minimum atomic E-state index is -4.42. The average molecular weight is 389 g/mol. The second-order valence-corrected chi connectivity index (χ2v) is 6.41. The van der Waals surface area contributed by atoms with Crippen molar-refractivity contribution in [3.05, 3.63) is 75.7 Å². The number of aromatic nitrogens is 2. The summed E-state index contributed by atoms with van der Waals surface area (Å²) < 4.78 is 45.1. The third-order valence-corrected chi connectivity index (χ3v) is 4.07. The maximum absolute atomic E-state index is 12.7. The molecular weight excluding hydrogens is 371 g/mol. The Morgan fingerprint density at radius 1 is 1.07 bits per heavy atom. The van der Waals surface area contributed by atoms with E-state index in [-0.39, 0.29) is 11.7 Å². The van der Waals surface area contributed by atoms with Crippen LogP contribution in [0.4, 0.5) is 24.7 Å². The van der Waals surface area contributed by atoms with E-state index in [4.69, 9.17) is 4.74 Å². The predicted octanol–water partition coefficient (Wildman–Crippen LogP) is 4.95. The Labute approximate surface area is 159 Å². The van der Waals surface area contributed by atoms with Gasteiger partial charge in [0.2, 0.25) is 11.7 Å². The minimum absolute atomic E-state index is 0.0514. The summed E-state index contributed by atoms with van der Waals surface area (Å²) in [5, 5.41) is 2.75. The number of nitrogens with zero attached hydrogens (tertiary/aromatic N) is 2. The largest absolute Gasteiger partial charge is 0.437 e. The lowest BCUT2D eigenvalue weighted by Gasteiger charge is -2.12. The molecule has 2 aromatic carbocycles. The molecule has 0 fully saturated rings. The highest BCUT2D eigenvalue weighted by atomic mass is 19.4. The van der Waals surface area contributed by atoms with Crippen LogP contribution in [0.2, 0.25) is 0 Å². The van der Waals surface area contributed by atoms with Crippen LogP contribution in [-0.4, -0.2) is 9.55 Å². The summed E-state index contributed by atoms with van der Waals surface area (Å²) in [6, 6.07) is 10.00. The molecule has 0 aliphatic carbocycles. The summed E-state index contributed by atoms with van der Waals surface area (Å²) in [6.45, 7) is 3.86. The first-order valence-electron chi connectivity index (χ1n) is 8.40. The van der Waals surface area contributed by atoms with E-state index in [0.717, 1.165) is 23.3 Å². The van der Waals surface area contributed by atoms with E-state index in [2.05, 4.69) is 10.3 Å². The van der Waals surface area contributed by atoms with Gasteiger partial charge in [-0.2, -0.15) is 18.2 Å².